The summed E-state index contributed by atoms with van der Waals surface area (Å²) in [5.41, 5.74) is 2.25. The molecule has 0 saturated heterocycles. The molecule has 0 aromatic heterocycles. The first kappa shape index (κ1) is 28.5. The van der Waals surface area contributed by atoms with Crippen LogP contribution in [0.5, 0.6) is 0 Å². The van der Waals surface area contributed by atoms with E-state index in [0.717, 1.165) is 29.5 Å². The fraction of sp³-hybridized carbons (Fsp3) is 0.654. The van der Waals surface area contributed by atoms with Crippen LogP contribution in [0.15, 0.2) is 18.2 Å². The van der Waals surface area contributed by atoms with Crippen molar-refractivity contribution in [1.29, 1.82) is 0 Å². The summed E-state index contributed by atoms with van der Waals surface area (Å²) in [4.78, 5) is 40.8. The summed E-state index contributed by atoms with van der Waals surface area (Å²) in [6.07, 6.45) is 1.81. The van der Waals surface area contributed by atoms with Gasteiger partial charge in [0.05, 0.1) is 0 Å². The summed E-state index contributed by atoms with van der Waals surface area (Å²) >= 11 is 0. The van der Waals surface area contributed by atoms with Crippen LogP contribution in [-0.4, -0.2) is 47.0 Å². The van der Waals surface area contributed by atoms with Crippen LogP contribution < -0.4 is 10.6 Å². The molecule has 0 saturated carbocycles. The Morgan fingerprint density at radius 3 is 2.15 bits per heavy atom. The fourth-order valence-corrected chi connectivity index (χ4v) is 3.64. The van der Waals surface area contributed by atoms with Gasteiger partial charge in [0.1, 0.15) is 17.7 Å². The third-order valence-corrected chi connectivity index (χ3v) is 5.37. The van der Waals surface area contributed by atoms with Crippen LogP contribution in [0.4, 0.5) is 4.79 Å². The minimum atomic E-state index is -0.846. The molecular formula is C26H43N3O4. The van der Waals surface area contributed by atoms with Gasteiger partial charge < -0.3 is 20.3 Å². The van der Waals surface area contributed by atoms with Crippen molar-refractivity contribution in [3.05, 3.63) is 34.9 Å². The van der Waals surface area contributed by atoms with E-state index in [1.165, 1.54) is 0 Å². The molecule has 0 aliphatic carbocycles. The molecule has 0 spiro atoms. The zero-order valence-electron chi connectivity index (χ0n) is 21.9. The highest BCUT2D eigenvalue weighted by atomic mass is 16.6. The number of aryl methyl sites for hydroxylation is 2. The van der Waals surface area contributed by atoms with Gasteiger partial charge in [-0.3, -0.25) is 9.59 Å². The second kappa shape index (κ2) is 12.6. The summed E-state index contributed by atoms with van der Waals surface area (Å²) in [6, 6.07) is 4.19. The van der Waals surface area contributed by atoms with E-state index < -0.39 is 23.8 Å². The number of benzene rings is 1. The van der Waals surface area contributed by atoms with Crippen molar-refractivity contribution in [2.45, 2.75) is 105 Å². The van der Waals surface area contributed by atoms with Crippen molar-refractivity contribution in [2.75, 3.05) is 6.54 Å². The van der Waals surface area contributed by atoms with E-state index in [9.17, 15) is 14.4 Å². The van der Waals surface area contributed by atoms with Gasteiger partial charge in [-0.05, 0) is 78.0 Å². The van der Waals surface area contributed by atoms with Gasteiger partial charge in [0.2, 0.25) is 11.8 Å². The van der Waals surface area contributed by atoms with Crippen LogP contribution in [0.3, 0.4) is 0 Å². The lowest BCUT2D eigenvalue weighted by molar-refractivity contribution is -0.142. The largest absolute Gasteiger partial charge is 0.444 e. The monoisotopic (exact) mass is 461 g/mol. The van der Waals surface area contributed by atoms with Crippen LogP contribution in [-0.2, 0) is 14.3 Å². The lowest BCUT2D eigenvalue weighted by Gasteiger charge is -2.34. The number of carbonyl (C=O) groups excluding carboxylic acids is 3. The Labute approximate surface area is 199 Å². The SMILES string of the molecule is CCCC(C)NC(=O)C(c1ccc(C)c(C)c1)N(CCC)C(=O)C(C)NC(=O)OC(C)(C)C. The van der Waals surface area contributed by atoms with Crippen LogP contribution in [0, 0.1) is 13.8 Å². The van der Waals surface area contributed by atoms with Gasteiger partial charge in [0.15, 0.2) is 0 Å². The van der Waals surface area contributed by atoms with Crippen molar-refractivity contribution in [3.8, 4) is 0 Å². The Hall–Kier alpha value is -2.57. The number of rotatable bonds is 10. The molecule has 0 aliphatic heterocycles. The van der Waals surface area contributed by atoms with Crippen LogP contribution in [0.1, 0.15) is 90.5 Å². The maximum atomic E-state index is 13.5. The van der Waals surface area contributed by atoms with Gasteiger partial charge in [-0.1, -0.05) is 38.5 Å². The highest BCUT2D eigenvalue weighted by Gasteiger charge is 2.34. The smallest absolute Gasteiger partial charge is 0.408 e. The number of alkyl carbamates (subject to hydrolysis) is 1. The first-order valence-electron chi connectivity index (χ1n) is 12.0. The molecule has 0 radical (unpaired) electrons. The predicted molar refractivity (Wildman–Crippen MR) is 132 cm³/mol. The molecule has 1 rings (SSSR count). The van der Waals surface area contributed by atoms with Crippen LogP contribution >= 0.6 is 0 Å². The molecule has 3 amide bonds. The molecule has 0 aliphatic rings. The van der Waals surface area contributed by atoms with Crippen molar-refractivity contribution in [3.63, 3.8) is 0 Å². The molecular weight excluding hydrogens is 418 g/mol. The Morgan fingerprint density at radius 2 is 1.64 bits per heavy atom. The minimum Gasteiger partial charge on any atom is -0.444 e. The quantitative estimate of drug-likeness (QED) is 0.524. The number of hydrogen-bond acceptors (Lipinski definition) is 4. The molecule has 3 unspecified atom stereocenters. The molecule has 2 N–H and O–H groups in total. The average Bonchev–Trinajstić information content (AvgIpc) is 2.68. The summed E-state index contributed by atoms with van der Waals surface area (Å²) < 4.78 is 5.30. The van der Waals surface area contributed by atoms with E-state index in [2.05, 4.69) is 17.6 Å². The minimum absolute atomic E-state index is 0.00700. The third kappa shape index (κ3) is 9.06. The van der Waals surface area contributed by atoms with E-state index in [0.29, 0.717) is 13.0 Å². The summed E-state index contributed by atoms with van der Waals surface area (Å²) in [5.74, 6) is -0.547. The summed E-state index contributed by atoms with van der Waals surface area (Å²) in [5, 5.41) is 5.69. The second-order valence-electron chi connectivity index (χ2n) is 9.84. The number of nitrogens with zero attached hydrogens (tertiary/aromatic N) is 1. The molecule has 3 atom stereocenters. The highest BCUT2D eigenvalue weighted by Crippen LogP contribution is 2.25. The Bertz CT molecular complexity index is 816. The van der Waals surface area contributed by atoms with Crippen molar-refractivity contribution in [1.82, 2.24) is 15.5 Å². The number of ether oxygens (including phenoxy) is 1. The van der Waals surface area contributed by atoms with Crippen LogP contribution in [0.2, 0.25) is 0 Å². The zero-order valence-corrected chi connectivity index (χ0v) is 21.9. The molecule has 0 fully saturated rings. The first-order chi connectivity index (χ1) is 15.3. The Kier molecular flexibility index (Phi) is 10.9. The van der Waals surface area contributed by atoms with Crippen molar-refractivity contribution >= 4 is 17.9 Å². The van der Waals surface area contributed by atoms with Gasteiger partial charge in [-0.25, -0.2) is 4.79 Å². The van der Waals surface area contributed by atoms with E-state index >= 15 is 0 Å². The van der Waals surface area contributed by atoms with Gasteiger partial charge in [-0.2, -0.15) is 0 Å². The van der Waals surface area contributed by atoms with Crippen molar-refractivity contribution < 1.29 is 19.1 Å². The molecule has 1 aromatic rings. The molecule has 0 heterocycles. The fourth-order valence-electron chi connectivity index (χ4n) is 3.64. The van der Waals surface area contributed by atoms with Gasteiger partial charge >= 0.3 is 6.09 Å². The van der Waals surface area contributed by atoms with E-state index in [-0.39, 0.29) is 17.9 Å². The van der Waals surface area contributed by atoms with Gasteiger partial charge in [0, 0.05) is 12.6 Å². The molecule has 7 nitrogen and oxygen atoms in total. The number of nitrogens with one attached hydrogen (secondary N) is 2. The van der Waals surface area contributed by atoms with E-state index in [4.69, 9.17) is 4.74 Å². The first-order valence-corrected chi connectivity index (χ1v) is 12.0. The van der Waals surface area contributed by atoms with Gasteiger partial charge in [0.25, 0.3) is 0 Å². The topological polar surface area (TPSA) is 87.7 Å². The predicted octanol–water partition coefficient (Wildman–Crippen LogP) is 4.80. The lowest BCUT2D eigenvalue weighted by Crippen LogP contribution is -2.52. The van der Waals surface area contributed by atoms with Crippen molar-refractivity contribution in [2.24, 2.45) is 0 Å². The Balaban J connectivity index is 3.30. The summed E-state index contributed by atoms with van der Waals surface area (Å²) in [6.45, 7) is 17.3. The van der Waals surface area contributed by atoms with E-state index in [1.54, 1.807) is 32.6 Å². The number of carbonyl (C=O) groups is 3. The summed E-state index contributed by atoms with van der Waals surface area (Å²) in [7, 11) is 0. The third-order valence-electron chi connectivity index (χ3n) is 5.37. The lowest BCUT2D eigenvalue weighted by atomic mass is 9.98. The maximum Gasteiger partial charge on any atom is 0.408 e. The average molecular weight is 462 g/mol. The molecule has 1 aromatic carbocycles. The van der Waals surface area contributed by atoms with E-state index in [1.807, 2.05) is 45.9 Å². The maximum absolute atomic E-state index is 13.5. The molecule has 0 bridgehead atoms. The molecule has 186 valence electrons. The molecule has 33 heavy (non-hydrogen) atoms. The number of amides is 3. The standard InChI is InChI=1S/C26H43N3O4/c1-10-12-19(5)27-23(30)22(21-14-13-17(3)18(4)16-21)29(15-11-2)24(31)20(6)28-25(32)33-26(7,8)9/h13-14,16,19-20,22H,10-12,15H2,1-9H3,(H,27,30)(H,28,32). The second-order valence-corrected chi connectivity index (χ2v) is 9.84. The zero-order chi connectivity index (χ0) is 25.3. The Morgan fingerprint density at radius 1 is 1.00 bits per heavy atom. The van der Waals surface area contributed by atoms with Crippen LogP contribution in [0.25, 0.3) is 0 Å². The van der Waals surface area contributed by atoms with Gasteiger partial charge in [-0.15, -0.1) is 0 Å². The molecule has 7 heteroatoms. The highest BCUT2D eigenvalue weighted by molar-refractivity contribution is 5.92. The normalized spacial score (nSPS) is 14.1. The number of hydrogen-bond donors (Lipinski definition) is 2.